The molecular formula is C14H27N3O. The molecule has 0 aromatic heterocycles. The highest BCUT2D eigenvalue weighted by Gasteiger charge is 2.30. The first-order chi connectivity index (χ1) is 8.81. The molecule has 1 unspecified atom stereocenters. The summed E-state index contributed by atoms with van der Waals surface area (Å²) in [5.41, 5.74) is 0. The van der Waals surface area contributed by atoms with E-state index in [2.05, 4.69) is 17.1 Å². The second-order valence-electron chi connectivity index (χ2n) is 5.56. The van der Waals surface area contributed by atoms with Crippen LogP contribution in [0.15, 0.2) is 0 Å². The molecule has 0 aromatic rings. The van der Waals surface area contributed by atoms with Crippen LogP contribution in [0.2, 0.25) is 0 Å². The average Bonchev–Trinajstić information content (AvgIpc) is 2.89. The highest BCUT2D eigenvalue weighted by Crippen LogP contribution is 2.20. The van der Waals surface area contributed by atoms with Gasteiger partial charge in [-0.15, -0.1) is 0 Å². The molecule has 1 amide bonds. The third-order valence-corrected chi connectivity index (χ3v) is 4.13. The van der Waals surface area contributed by atoms with Crippen molar-refractivity contribution in [3.05, 3.63) is 0 Å². The van der Waals surface area contributed by atoms with Gasteiger partial charge in [0.1, 0.15) is 0 Å². The molecule has 104 valence electrons. The highest BCUT2D eigenvalue weighted by atomic mass is 16.2. The molecule has 1 atom stereocenters. The smallest absolute Gasteiger partial charge is 0.236 e. The number of rotatable bonds is 5. The van der Waals surface area contributed by atoms with Gasteiger partial charge in [0.25, 0.3) is 0 Å². The number of nitrogens with zero attached hydrogens (tertiary/aromatic N) is 2. The second kappa shape index (κ2) is 7.10. The van der Waals surface area contributed by atoms with Crippen molar-refractivity contribution in [2.24, 2.45) is 0 Å². The molecule has 2 fully saturated rings. The van der Waals surface area contributed by atoms with Crippen LogP contribution in [0.4, 0.5) is 0 Å². The minimum atomic E-state index is 0.281. The van der Waals surface area contributed by atoms with Crippen molar-refractivity contribution >= 4 is 5.91 Å². The molecule has 2 saturated heterocycles. The highest BCUT2D eigenvalue weighted by molar-refractivity contribution is 5.78. The van der Waals surface area contributed by atoms with E-state index in [1.807, 2.05) is 4.90 Å². The first-order valence-corrected chi connectivity index (χ1v) is 7.54. The lowest BCUT2D eigenvalue weighted by atomic mass is 10.1. The lowest BCUT2D eigenvalue weighted by Crippen LogP contribution is -2.43. The minimum Gasteiger partial charge on any atom is -0.340 e. The summed E-state index contributed by atoms with van der Waals surface area (Å²) < 4.78 is 0. The summed E-state index contributed by atoms with van der Waals surface area (Å²) in [6, 6.07) is 0.625. The molecular weight excluding hydrogens is 226 g/mol. The molecule has 2 aliphatic rings. The van der Waals surface area contributed by atoms with Crippen molar-refractivity contribution in [2.45, 2.75) is 45.1 Å². The van der Waals surface area contributed by atoms with Gasteiger partial charge in [0.15, 0.2) is 0 Å². The molecule has 0 aliphatic carbocycles. The predicted molar refractivity (Wildman–Crippen MR) is 73.6 cm³/mol. The number of likely N-dealkylation sites (tertiary alicyclic amines) is 2. The Bertz CT molecular complexity index is 264. The van der Waals surface area contributed by atoms with Crippen LogP contribution in [-0.4, -0.2) is 61.0 Å². The monoisotopic (exact) mass is 253 g/mol. The Morgan fingerprint density at radius 1 is 1.22 bits per heavy atom. The average molecular weight is 253 g/mol. The van der Waals surface area contributed by atoms with Crippen molar-refractivity contribution < 1.29 is 4.79 Å². The predicted octanol–water partition coefficient (Wildman–Crippen LogP) is 1.07. The molecule has 2 aliphatic heterocycles. The van der Waals surface area contributed by atoms with Gasteiger partial charge in [0.2, 0.25) is 5.91 Å². The number of piperidine rings is 1. The minimum absolute atomic E-state index is 0.281. The Kier molecular flexibility index (Phi) is 5.45. The van der Waals surface area contributed by atoms with E-state index in [1.165, 1.54) is 38.8 Å². The van der Waals surface area contributed by atoms with Crippen LogP contribution in [0.5, 0.6) is 0 Å². The summed E-state index contributed by atoms with van der Waals surface area (Å²) in [5, 5.41) is 3.20. The van der Waals surface area contributed by atoms with Gasteiger partial charge in [-0.2, -0.15) is 0 Å². The van der Waals surface area contributed by atoms with Crippen molar-refractivity contribution in [2.75, 3.05) is 39.3 Å². The SMILES string of the molecule is CCCNCC(=O)N1CCC(N2CCCCC2)C1. The van der Waals surface area contributed by atoms with Gasteiger partial charge in [-0.05, 0) is 45.3 Å². The first kappa shape index (κ1) is 13.8. The molecule has 0 radical (unpaired) electrons. The summed E-state index contributed by atoms with van der Waals surface area (Å²) in [5.74, 6) is 0.281. The molecule has 2 rings (SSSR count). The third kappa shape index (κ3) is 3.69. The summed E-state index contributed by atoms with van der Waals surface area (Å²) in [6.45, 7) is 7.96. The molecule has 0 aromatic carbocycles. The first-order valence-electron chi connectivity index (χ1n) is 7.54. The normalized spacial score (nSPS) is 25.6. The van der Waals surface area contributed by atoms with Crippen LogP contribution in [0.1, 0.15) is 39.0 Å². The fourth-order valence-corrected chi connectivity index (χ4v) is 3.03. The fraction of sp³-hybridized carbons (Fsp3) is 0.929. The topological polar surface area (TPSA) is 35.6 Å². The zero-order chi connectivity index (χ0) is 12.8. The van der Waals surface area contributed by atoms with Crippen molar-refractivity contribution in [3.63, 3.8) is 0 Å². The fourth-order valence-electron chi connectivity index (χ4n) is 3.03. The zero-order valence-corrected chi connectivity index (χ0v) is 11.7. The Labute approximate surface area is 111 Å². The number of carbonyl (C=O) groups is 1. The van der Waals surface area contributed by atoms with E-state index < -0.39 is 0 Å². The van der Waals surface area contributed by atoms with Gasteiger partial charge >= 0.3 is 0 Å². The van der Waals surface area contributed by atoms with Gasteiger partial charge in [0.05, 0.1) is 6.54 Å². The largest absolute Gasteiger partial charge is 0.340 e. The molecule has 0 saturated carbocycles. The van der Waals surface area contributed by atoms with Crippen molar-refractivity contribution in [3.8, 4) is 0 Å². The van der Waals surface area contributed by atoms with E-state index in [0.717, 1.165) is 26.1 Å². The Balaban J connectivity index is 1.71. The van der Waals surface area contributed by atoms with Crippen molar-refractivity contribution in [1.29, 1.82) is 0 Å². The summed E-state index contributed by atoms with van der Waals surface area (Å²) in [6.07, 6.45) is 6.31. The Hall–Kier alpha value is -0.610. The van der Waals surface area contributed by atoms with E-state index in [1.54, 1.807) is 0 Å². The lowest BCUT2D eigenvalue weighted by molar-refractivity contribution is -0.129. The summed E-state index contributed by atoms with van der Waals surface area (Å²) >= 11 is 0. The number of hydrogen-bond donors (Lipinski definition) is 1. The van der Waals surface area contributed by atoms with Crippen LogP contribution in [0.25, 0.3) is 0 Å². The quantitative estimate of drug-likeness (QED) is 0.745. The number of amides is 1. The van der Waals surface area contributed by atoms with E-state index in [-0.39, 0.29) is 5.91 Å². The van der Waals surface area contributed by atoms with Gasteiger partial charge in [-0.1, -0.05) is 13.3 Å². The standard InChI is InChI=1S/C14H27N3O/c1-2-7-15-11-14(18)17-10-6-13(12-17)16-8-4-3-5-9-16/h13,15H,2-12H2,1H3. The van der Waals surface area contributed by atoms with Gasteiger partial charge < -0.3 is 10.2 Å². The maximum atomic E-state index is 12.0. The summed E-state index contributed by atoms with van der Waals surface area (Å²) in [4.78, 5) is 16.6. The maximum Gasteiger partial charge on any atom is 0.236 e. The zero-order valence-electron chi connectivity index (χ0n) is 11.7. The maximum absolute atomic E-state index is 12.0. The van der Waals surface area contributed by atoms with E-state index in [4.69, 9.17) is 0 Å². The number of hydrogen-bond acceptors (Lipinski definition) is 3. The van der Waals surface area contributed by atoms with Crippen LogP contribution in [0, 0.1) is 0 Å². The van der Waals surface area contributed by atoms with Crippen LogP contribution >= 0.6 is 0 Å². The van der Waals surface area contributed by atoms with Crippen molar-refractivity contribution in [1.82, 2.24) is 15.1 Å². The van der Waals surface area contributed by atoms with E-state index in [0.29, 0.717) is 12.6 Å². The summed E-state index contributed by atoms with van der Waals surface area (Å²) in [7, 11) is 0. The third-order valence-electron chi connectivity index (χ3n) is 4.13. The lowest BCUT2D eigenvalue weighted by Gasteiger charge is -2.32. The number of nitrogens with one attached hydrogen (secondary N) is 1. The molecule has 4 nitrogen and oxygen atoms in total. The molecule has 0 bridgehead atoms. The van der Waals surface area contributed by atoms with Gasteiger partial charge in [0, 0.05) is 19.1 Å². The molecule has 18 heavy (non-hydrogen) atoms. The van der Waals surface area contributed by atoms with E-state index in [9.17, 15) is 4.79 Å². The molecule has 2 heterocycles. The van der Waals surface area contributed by atoms with Gasteiger partial charge in [-0.25, -0.2) is 0 Å². The van der Waals surface area contributed by atoms with Crippen LogP contribution < -0.4 is 5.32 Å². The van der Waals surface area contributed by atoms with Crippen LogP contribution in [-0.2, 0) is 4.79 Å². The van der Waals surface area contributed by atoms with Crippen LogP contribution in [0.3, 0.4) is 0 Å². The Morgan fingerprint density at radius 2 is 2.00 bits per heavy atom. The molecule has 4 heteroatoms. The second-order valence-corrected chi connectivity index (χ2v) is 5.56. The molecule has 1 N–H and O–H groups in total. The van der Waals surface area contributed by atoms with Gasteiger partial charge in [-0.3, -0.25) is 9.69 Å². The number of carbonyl (C=O) groups excluding carboxylic acids is 1. The molecule has 0 spiro atoms. The van der Waals surface area contributed by atoms with E-state index >= 15 is 0 Å². The Morgan fingerprint density at radius 3 is 2.72 bits per heavy atom.